The first kappa shape index (κ1) is 23.2. The van der Waals surface area contributed by atoms with Crippen LogP contribution in [0.2, 0.25) is 0 Å². The molecule has 0 radical (unpaired) electrons. The second-order valence-corrected chi connectivity index (χ2v) is 9.59. The Morgan fingerprint density at radius 1 is 1.06 bits per heavy atom. The molecule has 5 rings (SSSR count). The molecule has 184 valence electrons. The number of aromatic nitrogens is 1. The standard InChI is InChI=1S/C27H26F3N3O2.H2/c1-32(2)24(34)23-15-18-6-5-17(14-22(18)31-23)19-4-3-13-33(16-19)25(35)26(11-12-26)20-7-9-21(10-8-20)27(28,29)30;/h4-10,14-15,31H,3,11-13,16H2,1-2H3;1H. The normalized spacial score (nSPS) is 17.3. The summed E-state index contributed by atoms with van der Waals surface area (Å²) in [5.74, 6) is -0.128. The van der Waals surface area contributed by atoms with Crippen LogP contribution in [0, 0.1) is 0 Å². The van der Waals surface area contributed by atoms with E-state index in [0.29, 0.717) is 43.6 Å². The maximum Gasteiger partial charge on any atom is 0.416 e. The van der Waals surface area contributed by atoms with Crippen LogP contribution in [0.1, 0.15) is 47.9 Å². The maximum absolute atomic E-state index is 13.5. The van der Waals surface area contributed by atoms with Crippen LogP contribution in [0.15, 0.2) is 54.6 Å². The van der Waals surface area contributed by atoms with Crippen molar-refractivity contribution >= 4 is 28.3 Å². The van der Waals surface area contributed by atoms with E-state index in [0.717, 1.165) is 34.2 Å². The summed E-state index contributed by atoms with van der Waals surface area (Å²) in [6.07, 6.45) is -0.283. The predicted octanol–water partition coefficient (Wildman–Crippen LogP) is 5.48. The number of carbonyl (C=O) groups is 2. The van der Waals surface area contributed by atoms with E-state index in [1.54, 1.807) is 14.1 Å². The third-order valence-electron chi connectivity index (χ3n) is 6.99. The summed E-state index contributed by atoms with van der Waals surface area (Å²) in [6.45, 7) is 1.02. The number of nitrogens with one attached hydrogen (secondary N) is 1. The smallest absolute Gasteiger partial charge is 0.351 e. The highest BCUT2D eigenvalue weighted by Crippen LogP contribution is 2.50. The van der Waals surface area contributed by atoms with Gasteiger partial charge in [0, 0.05) is 39.5 Å². The molecule has 0 atom stereocenters. The summed E-state index contributed by atoms with van der Waals surface area (Å²) < 4.78 is 38.9. The number of halogens is 3. The molecule has 3 aromatic rings. The average Bonchev–Trinajstić information content (AvgIpc) is 3.54. The van der Waals surface area contributed by atoms with Crippen molar-refractivity contribution in [3.8, 4) is 0 Å². The second kappa shape index (κ2) is 8.29. The third-order valence-corrected chi connectivity index (χ3v) is 6.99. The summed E-state index contributed by atoms with van der Waals surface area (Å²) in [6, 6.07) is 12.8. The van der Waals surface area contributed by atoms with Crippen molar-refractivity contribution in [3.63, 3.8) is 0 Å². The van der Waals surface area contributed by atoms with Gasteiger partial charge in [0.1, 0.15) is 5.69 Å². The zero-order valence-corrected chi connectivity index (χ0v) is 19.6. The highest BCUT2D eigenvalue weighted by Gasteiger charge is 2.53. The van der Waals surface area contributed by atoms with E-state index in [-0.39, 0.29) is 13.2 Å². The number of hydrogen-bond acceptors (Lipinski definition) is 2. The molecule has 2 aliphatic rings. The topological polar surface area (TPSA) is 56.4 Å². The molecule has 1 aliphatic carbocycles. The molecule has 35 heavy (non-hydrogen) atoms. The van der Waals surface area contributed by atoms with Gasteiger partial charge in [-0.3, -0.25) is 9.59 Å². The Labute approximate surface area is 202 Å². The lowest BCUT2D eigenvalue weighted by Gasteiger charge is -2.31. The molecule has 1 aromatic heterocycles. The number of nitrogens with zero attached hydrogens (tertiary/aromatic N) is 2. The number of aromatic amines is 1. The van der Waals surface area contributed by atoms with Crippen LogP contribution in [0.5, 0.6) is 0 Å². The van der Waals surface area contributed by atoms with Crippen LogP contribution in [0.25, 0.3) is 16.5 Å². The first-order valence-electron chi connectivity index (χ1n) is 11.6. The lowest BCUT2D eigenvalue weighted by molar-refractivity contribution is -0.137. The number of amides is 2. The molecule has 0 bridgehead atoms. The SMILES string of the molecule is CN(C)C(=O)c1cc2ccc(C3=CCCN(C(=O)C4(c5ccc(C(F)(F)F)cc5)CC4)C3)cc2[nH]1.[HH]. The molecule has 1 saturated carbocycles. The van der Waals surface area contributed by atoms with Crippen LogP contribution in [-0.4, -0.2) is 53.8 Å². The van der Waals surface area contributed by atoms with Crippen molar-refractivity contribution in [1.29, 1.82) is 0 Å². The van der Waals surface area contributed by atoms with Crippen LogP contribution in [0.4, 0.5) is 13.2 Å². The van der Waals surface area contributed by atoms with E-state index in [4.69, 9.17) is 0 Å². The largest absolute Gasteiger partial charge is 0.416 e. The van der Waals surface area contributed by atoms with Crippen LogP contribution in [0.3, 0.4) is 0 Å². The molecular formula is C27H28F3N3O2. The summed E-state index contributed by atoms with van der Waals surface area (Å²) in [4.78, 5) is 32.3. The van der Waals surface area contributed by atoms with Crippen LogP contribution in [-0.2, 0) is 16.4 Å². The van der Waals surface area contributed by atoms with E-state index in [1.165, 1.54) is 17.0 Å². The van der Waals surface area contributed by atoms with Gasteiger partial charge in [0.05, 0.1) is 11.0 Å². The highest BCUT2D eigenvalue weighted by atomic mass is 19.4. The average molecular weight is 484 g/mol. The third kappa shape index (κ3) is 4.22. The van der Waals surface area contributed by atoms with Gasteiger partial charge in [-0.05, 0) is 60.2 Å². The van der Waals surface area contributed by atoms with Gasteiger partial charge >= 0.3 is 6.18 Å². The first-order chi connectivity index (χ1) is 16.6. The number of carbonyl (C=O) groups excluding carboxylic acids is 2. The number of fused-ring (bicyclic) bond motifs is 1. The van der Waals surface area contributed by atoms with Crippen molar-refractivity contribution < 1.29 is 24.2 Å². The van der Waals surface area contributed by atoms with Gasteiger partial charge in [0.2, 0.25) is 5.91 Å². The fourth-order valence-electron chi connectivity index (χ4n) is 4.84. The fourth-order valence-corrected chi connectivity index (χ4v) is 4.84. The van der Waals surface area contributed by atoms with E-state index in [9.17, 15) is 22.8 Å². The lowest BCUT2D eigenvalue weighted by Crippen LogP contribution is -2.42. The Morgan fingerprint density at radius 3 is 2.40 bits per heavy atom. The number of rotatable bonds is 4. The minimum absolute atomic E-state index is 0. The number of benzene rings is 2. The molecule has 0 saturated heterocycles. The minimum Gasteiger partial charge on any atom is -0.351 e. The Hall–Kier alpha value is -3.55. The Bertz CT molecular complexity index is 1340. The van der Waals surface area contributed by atoms with Crippen molar-refractivity contribution in [1.82, 2.24) is 14.8 Å². The van der Waals surface area contributed by atoms with Crippen molar-refractivity contribution in [2.75, 3.05) is 27.2 Å². The molecule has 2 amide bonds. The lowest BCUT2D eigenvalue weighted by atomic mass is 9.91. The molecule has 2 heterocycles. The Kier molecular flexibility index (Phi) is 5.49. The highest BCUT2D eigenvalue weighted by molar-refractivity contribution is 5.98. The minimum atomic E-state index is -4.40. The second-order valence-electron chi connectivity index (χ2n) is 9.59. The molecule has 8 heteroatoms. The summed E-state index contributed by atoms with van der Waals surface area (Å²) in [7, 11) is 3.41. The molecule has 5 nitrogen and oxygen atoms in total. The van der Waals surface area contributed by atoms with Crippen molar-refractivity contribution in [2.45, 2.75) is 30.9 Å². The molecule has 1 fully saturated rings. The summed E-state index contributed by atoms with van der Waals surface area (Å²) in [5.41, 5.74) is 2.58. The Morgan fingerprint density at radius 2 is 1.77 bits per heavy atom. The zero-order chi connectivity index (χ0) is 25.0. The molecular weight excluding hydrogens is 455 g/mol. The van der Waals surface area contributed by atoms with Crippen LogP contribution >= 0.6 is 0 Å². The van der Waals surface area contributed by atoms with Gasteiger partial charge in [-0.1, -0.05) is 30.3 Å². The first-order valence-corrected chi connectivity index (χ1v) is 11.6. The van der Waals surface area contributed by atoms with Crippen molar-refractivity contribution in [2.24, 2.45) is 0 Å². The van der Waals surface area contributed by atoms with E-state index in [1.807, 2.05) is 29.2 Å². The zero-order valence-electron chi connectivity index (χ0n) is 19.6. The molecule has 2 aromatic carbocycles. The van der Waals surface area contributed by atoms with E-state index in [2.05, 4.69) is 11.1 Å². The number of alkyl halides is 3. The van der Waals surface area contributed by atoms with E-state index < -0.39 is 17.2 Å². The van der Waals surface area contributed by atoms with Crippen LogP contribution < -0.4 is 0 Å². The fraction of sp³-hybridized carbons (Fsp3) is 0.333. The summed E-state index contributed by atoms with van der Waals surface area (Å²) in [5, 5.41) is 0.933. The predicted molar refractivity (Wildman–Crippen MR) is 130 cm³/mol. The maximum atomic E-state index is 13.5. The molecule has 1 N–H and O–H groups in total. The molecule has 0 spiro atoms. The number of H-pyrrole nitrogens is 1. The molecule has 1 aliphatic heterocycles. The monoisotopic (exact) mass is 483 g/mol. The van der Waals surface area contributed by atoms with Gasteiger partial charge in [-0.25, -0.2) is 0 Å². The van der Waals surface area contributed by atoms with E-state index >= 15 is 0 Å². The number of hydrogen-bond donors (Lipinski definition) is 1. The quantitative estimate of drug-likeness (QED) is 0.534. The van der Waals surface area contributed by atoms with Gasteiger partial charge < -0.3 is 14.8 Å². The van der Waals surface area contributed by atoms with Gasteiger partial charge in [0.15, 0.2) is 0 Å². The van der Waals surface area contributed by atoms with Gasteiger partial charge in [-0.2, -0.15) is 13.2 Å². The van der Waals surface area contributed by atoms with Crippen molar-refractivity contribution in [3.05, 3.63) is 77.0 Å². The summed E-state index contributed by atoms with van der Waals surface area (Å²) >= 11 is 0. The Balaban J connectivity index is 0.00000304. The molecule has 0 unspecified atom stereocenters. The van der Waals surface area contributed by atoms with Gasteiger partial charge in [-0.15, -0.1) is 0 Å². The van der Waals surface area contributed by atoms with Gasteiger partial charge in [0.25, 0.3) is 5.91 Å².